The van der Waals surface area contributed by atoms with E-state index in [4.69, 9.17) is 0 Å². The summed E-state index contributed by atoms with van der Waals surface area (Å²) in [7, 11) is 0. The first kappa shape index (κ1) is 13.9. The van der Waals surface area contributed by atoms with E-state index in [-0.39, 0.29) is 29.8 Å². The van der Waals surface area contributed by atoms with Gasteiger partial charge in [0.25, 0.3) is 5.91 Å². The van der Waals surface area contributed by atoms with Crippen LogP contribution in [0.3, 0.4) is 0 Å². The molecular formula is C15H25N3O2. The predicted octanol–water partition coefficient (Wildman–Crippen LogP) is 1.49. The van der Waals surface area contributed by atoms with E-state index in [1.165, 1.54) is 4.90 Å². The molecule has 3 amide bonds. The third-order valence-electron chi connectivity index (χ3n) is 5.55. The van der Waals surface area contributed by atoms with Gasteiger partial charge in [0.05, 0.1) is 0 Å². The van der Waals surface area contributed by atoms with Crippen LogP contribution in [-0.2, 0) is 4.79 Å². The van der Waals surface area contributed by atoms with E-state index in [1.54, 1.807) is 0 Å². The van der Waals surface area contributed by atoms with E-state index >= 15 is 0 Å². The van der Waals surface area contributed by atoms with Crippen molar-refractivity contribution in [2.45, 2.75) is 57.5 Å². The lowest BCUT2D eigenvalue weighted by atomic mass is 9.67. The van der Waals surface area contributed by atoms with Gasteiger partial charge in [0.15, 0.2) is 0 Å². The van der Waals surface area contributed by atoms with Crippen LogP contribution >= 0.6 is 0 Å². The van der Waals surface area contributed by atoms with Crippen LogP contribution in [0, 0.1) is 11.8 Å². The number of imide groups is 1. The Bertz CT molecular complexity index is 407. The Morgan fingerprint density at radius 3 is 2.45 bits per heavy atom. The van der Waals surface area contributed by atoms with Crippen molar-refractivity contribution in [3.05, 3.63) is 0 Å². The molecule has 2 N–H and O–H groups in total. The summed E-state index contributed by atoms with van der Waals surface area (Å²) in [5, 5.41) is 6.42. The summed E-state index contributed by atoms with van der Waals surface area (Å²) in [6, 6.07) is 0.0818. The van der Waals surface area contributed by atoms with Gasteiger partial charge >= 0.3 is 6.03 Å². The van der Waals surface area contributed by atoms with Gasteiger partial charge in [-0.15, -0.1) is 0 Å². The number of carbonyl (C=O) groups excluding carboxylic acids is 2. The molecule has 1 saturated carbocycles. The molecule has 3 unspecified atom stereocenters. The van der Waals surface area contributed by atoms with Crippen LogP contribution in [0.5, 0.6) is 0 Å². The van der Waals surface area contributed by atoms with Crippen molar-refractivity contribution in [3.8, 4) is 0 Å². The van der Waals surface area contributed by atoms with Gasteiger partial charge in [0.1, 0.15) is 5.54 Å². The van der Waals surface area contributed by atoms with Crippen molar-refractivity contribution in [3.63, 3.8) is 0 Å². The molecule has 2 aliphatic heterocycles. The Morgan fingerprint density at radius 2 is 1.85 bits per heavy atom. The Balaban J connectivity index is 1.81. The van der Waals surface area contributed by atoms with Crippen molar-refractivity contribution < 1.29 is 9.59 Å². The maximum absolute atomic E-state index is 12.9. The molecule has 3 rings (SSSR count). The van der Waals surface area contributed by atoms with Gasteiger partial charge in [-0.1, -0.05) is 20.3 Å². The molecule has 112 valence electrons. The second-order valence-corrected chi connectivity index (χ2v) is 6.74. The Morgan fingerprint density at radius 1 is 1.15 bits per heavy atom. The van der Waals surface area contributed by atoms with E-state index in [9.17, 15) is 9.59 Å². The lowest BCUT2D eigenvalue weighted by Crippen LogP contribution is -2.59. The van der Waals surface area contributed by atoms with Crippen LogP contribution in [-0.4, -0.2) is 41.5 Å². The van der Waals surface area contributed by atoms with Gasteiger partial charge in [-0.2, -0.15) is 0 Å². The first-order valence-corrected chi connectivity index (χ1v) is 7.93. The fourth-order valence-electron chi connectivity index (χ4n) is 4.25. The highest BCUT2D eigenvalue weighted by atomic mass is 16.2. The van der Waals surface area contributed by atoms with Crippen molar-refractivity contribution in [2.75, 3.05) is 13.1 Å². The second kappa shape index (κ2) is 5.02. The molecule has 1 aliphatic carbocycles. The fraction of sp³-hybridized carbons (Fsp3) is 0.867. The molecular weight excluding hydrogens is 254 g/mol. The molecule has 2 heterocycles. The molecule has 5 nitrogen and oxygen atoms in total. The zero-order valence-electron chi connectivity index (χ0n) is 12.4. The van der Waals surface area contributed by atoms with Crippen LogP contribution in [0.4, 0.5) is 4.79 Å². The van der Waals surface area contributed by atoms with E-state index in [0.717, 1.165) is 38.6 Å². The number of amides is 3. The monoisotopic (exact) mass is 279 g/mol. The molecule has 20 heavy (non-hydrogen) atoms. The van der Waals surface area contributed by atoms with E-state index in [0.29, 0.717) is 6.54 Å². The molecule has 3 atom stereocenters. The SMILES string of the molecule is CC1CCCC(C)C12NC(=O)N(CC1CCCN1)C2=O. The molecule has 0 aromatic rings. The third kappa shape index (κ3) is 1.94. The van der Waals surface area contributed by atoms with Crippen molar-refractivity contribution >= 4 is 11.9 Å². The van der Waals surface area contributed by atoms with Crippen LogP contribution < -0.4 is 10.6 Å². The number of urea groups is 1. The van der Waals surface area contributed by atoms with Gasteiger partial charge in [0.2, 0.25) is 0 Å². The van der Waals surface area contributed by atoms with Crippen LogP contribution in [0.15, 0.2) is 0 Å². The van der Waals surface area contributed by atoms with Gasteiger partial charge < -0.3 is 10.6 Å². The topological polar surface area (TPSA) is 61.4 Å². The number of nitrogens with zero attached hydrogens (tertiary/aromatic N) is 1. The molecule has 3 aliphatic rings. The first-order chi connectivity index (χ1) is 9.55. The Hall–Kier alpha value is -1.10. The fourth-order valence-corrected chi connectivity index (χ4v) is 4.25. The quantitative estimate of drug-likeness (QED) is 0.753. The first-order valence-electron chi connectivity index (χ1n) is 7.93. The Kier molecular flexibility index (Phi) is 3.48. The van der Waals surface area contributed by atoms with Crippen molar-refractivity contribution in [1.29, 1.82) is 0 Å². The van der Waals surface area contributed by atoms with E-state index < -0.39 is 5.54 Å². The van der Waals surface area contributed by atoms with Gasteiger partial charge in [0, 0.05) is 12.6 Å². The van der Waals surface area contributed by atoms with Gasteiger partial charge in [-0.05, 0) is 44.1 Å². The highest BCUT2D eigenvalue weighted by Gasteiger charge is 2.58. The summed E-state index contributed by atoms with van der Waals surface area (Å²) >= 11 is 0. The highest BCUT2D eigenvalue weighted by Crippen LogP contribution is 2.42. The summed E-state index contributed by atoms with van der Waals surface area (Å²) in [5.74, 6) is 0.462. The lowest BCUT2D eigenvalue weighted by molar-refractivity contribution is -0.136. The molecule has 2 saturated heterocycles. The van der Waals surface area contributed by atoms with Crippen molar-refractivity contribution in [2.24, 2.45) is 11.8 Å². The minimum Gasteiger partial charge on any atom is -0.323 e. The van der Waals surface area contributed by atoms with Crippen LogP contribution in [0.2, 0.25) is 0 Å². The third-order valence-corrected chi connectivity index (χ3v) is 5.55. The number of hydrogen-bond acceptors (Lipinski definition) is 3. The maximum atomic E-state index is 12.9. The van der Waals surface area contributed by atoms with Gasteiger partial charge in [-0.3, -0.25) is 9.69 Å². The highest BCUT2D eigenvalue weighted by molar-refractivity contribution is 6.07. The summed E-state index contributed by atoms with van der Waals surface area (Å²) in [5.41, 5.74) is -0.645. The molecule has 1 spiro atoms. The second-order valence-electron chi connectivity index (χ2n) is 6.74. The van der Waals surface area contributed by atoms with E-state index in [1.807, 2.05) is 0 Å². The Labute approximate surface area is 120 Å². The average molecular weight is 279 g/mol. The maximum Gasteiger partial charge on any atom is 0.325 e. The minimum absolute atomic E-state index is 0.0101. The molecule has 5 heteroatoms. The average Bonchev–Trinajstić information content (AvgIpc) is 2.99. The van der Waals surface area contributed by atoms with Gasteiger partial charge in [-0.25, -0.2) is 4.79 Å². The summed E-state index contributed by atoms with van der Waals surface area (Å²) in [6.45, 7) is 5.72. The summed E-state index contributed by atoms with van der Waals surface area (Å²) in [6.07, 6.45) is 5.37. The lowest BCUT2D eigenvalue weighted by Gasteiger charge is -2.42. The smallest absolute Gasteiger partial charge is 0.323 e. The van der Waals surface area contributed by atoms with Crippen LogP contribution in [0.25, 0.3) is 0 Å². The minimum atomic E-state index is -0.645. The normalized spacial score (nSPS) is 41.5. The largest absolute Gasteiger partial charge is 0.325 e. The molecule has 0 aromatic carbocycles. The standard InChI is InChI=1S/C15H25N3O2/c1-10-5-3-6-11(2)15(10)13(19)18(14(20)17-15)9-12-7-4-8-16-12/h10-12,16H,3-9H2,1-2H3,(H,17,20). The number of carbonyl (C=O) groups is 2. The molecule has 0 radical (unpaired) electrons. The van der Waals surface area contributed by atoms with Crippen molar-refractivity contribution in [1.82, 2.24) is 15.5 Å². The molecule has 0 bridgehead atoms. The number of nitrogens with one attached hydrogen (secondary N) is 2. The van der Waals surface area contributed by atoms with E-state index in [2.05, 4.69) is 24.5 Å². The van der Waals surface area contributed by atoms with Crippen LogP contribution in [0.1, 0.15) is 46.0 Å². The predicted molar refractivity (Wildman–Crippen MR) is 76.2 cm³/mol. The number of hydrogen-bond donors (Lipinski definition) is 2. The summed E-state index contributed by atoms with van der Waals surface area (Å²) < 4.78 is 0. The summed E-state index contributed by atoms with van der Waals surface area (Å²) in [4.78, 5) is 26.7. The number of rotatable bonds is 2. The zero-order valence-corrected chi connectivity index (χ0v) is 12.4. The zero-order chi connectivity index (χ0) is 14.3. The molecule has 0 aromatic heterocycles. The molecule has 3 fully saturated rings.